The second-order valence-electron chi connectivity index (χ2n) is 7.62. The summed E-state index contributed by atoms with van der Waals surface area (Å²) >= 11 is 0. The van der Waals surface area contributed by atoms with Gasteiger partial charge in [-0.15, -0.1) is 0 Å². The van der Waals surface area contributed by atoms with Gasteiger partial charge in [0.15, 0.2) is 0 Å². The first-order valence-corrected chi connectivity index (χ1v) is 8.71. The summed E-state index contributed by atoms with van der Waals surface area (Å²) in [7, 11) is 0.278. The lowest BCUT2D eigenvalue weighted by Crippen LogP contribution is -2.44. The van der Waals surface area contributed by atoms with E-state index in [1.54, 1.807) is 39.1 Å². The Morgan fingerprint density at radius 2 is 1.88 bits per heavy atom. The minimum atomic E-state index is -1.80. The first kappa shape index (κ1) is 18.7. The zero-order chi connectivity index (χ0) is 19.1. The Labute approximate surface area is 153 Å². The Kier molecular flexibility index (Phi) is 4.96. The number of hydrogen-bond donors (Lipinski definition) is 2. The number of hydrogen-bond acceptors (Lipinski definition) is 7. The van der Waals surface area contributed by atoms with Gasteiger partial charge in [-0.25, -0.2) is 9.78 Å². The van der Waals surface area contributed by atoms with Crippen molar-refractivity contribution in [3.8, 4) is 0 Å². The van der Waals surface area contributed by atoms with E-state index in [1.807, 2.05) is 0 Å². The number of rotatable bonds is 2. The van der Waals surface area contributed by atoms with E-state index in [4.69, 9.17) is 4.74 Å². The summed E-state index contributed by atoms with van der Waals surface area (Å²) in [6.07, 6.45) is 0.982. The van der Waals surface area contributed by atoms with Crippen LogP contribution in [0.25, 0.3) is 10.9 Å². The van der Waals surface area contributed by atoms with Crippen LogP contribution >= 0.6 is 0 Å². The normalized spacial score (nSPS) is 16.2. The topological polar surface area (TPSA) is 91.1 Å². The molecule has 1 fully saturated rings. The van der Waals surface area contributed by atoms with Crippen LogP contribution in [0, 0.1) is 0 Å². The average molecular weight is 360 g/mol. The number of likely N-dealkylation sites (N-methyl/N-ethyl adjacent to an activating group) is 1. The van der Waals surface area contributed by atoms with Crippen molar-refractivity contribution in [2.75, 3.05) is 38.1 Å². The van der Waals surface area contributed by atoms with Crippen molar-refractivity contribution in [3.05, 3.63) is 18.3 Å². The minimum Gasteiger partial charge on any atom is -0.443 e. The third-order valence-corrected chi connectivity index (χ3v) is 4.38. The van der Waals surface area contributed by atoms with Gasteiger partial charge in [0.2, 0.25) is 0 Å². The van der Waals surface area contributed by atoms with E-state index in [0.29, 0.717) is 10.9 Å². The Morgan fingerprint density at radius 1 is 1.23 bits per heavy atom. The van der Waals surface area contributed by atoms with Gasteiger partial charge in [-0.1, -0.05) is 0 Å². The molecule has 0 atom stereocenters. The molecule has 2 aromatic rings. The number of carbonyl (C=O) groups excluding carboxylic acids is 1. The molecule has 3 rings (SSSR count). The molecule has 26 heavy (non-hydrogen) atoms. The molecule has 0 radical (unpaired) electrons. The van der Waals surface area contributed by atoms with E-state index < -0.39 is 18.8 Å². The molecule has 9 heteroatoms. The Bertz CT molecular complexity index is 807. The monoisotopic (exact) mass is 360 g/mol. The van der Waals surface area contributed by atoms with E-state index in [9.17, 15) is 14.8 Å². The van der Waals surface area contributed by atoms with E-state index >= 15 is 0 Å². The summed E-state index contributed by atoms with van der Waals surface area (Å²) in [6, 6.07) is 3.29. The van der Waals surface area contributed by atoms with Crippen LogP contribution in [0.15, 0.2) is 18.3 Å². The first-order chi connectivity index (χ1) is 12.2. The van der Waals surface area contributed by atoms with Gasteiger partial charge in [0.1, 0.15) is 11.4 Å². The number of anilines is 1. The molecule has 0 amide bonds. The first-order valence-electron chi connectivity index (χ1n) is 8.71. The maximum Gasteiger partial charge on any atom is 0.506 e. The molecule has 8 nitrogen and oxygen atoms in total. The van der Waals surface area contributed by atoms with Gasteiger partial charge in [-0.2, -0.15) is 0 Å². The molecule has 140 valence electrons. The van der Waals surface area contributed by atoms with Gasteiger partial charge >= 0.3 is 13.2 Å². The van der Waals surface area contributed by atoms with Crippen LogP contribution in [0.2, 0.25) is 0 Å². The van der Waals surface area contributed by atoms with Crippen LogP contribution in [0.5, 0.6) is 0 Å². The number of aromatic nitrogens is 2. The van der Waals surface area contributed by atoms with Crippen molar-refractivity contribution in [3.63, 3.8) is 0 Å². The molecule has 0 unspecified atom stereocenters. The molecule has 1 saturated heterocycles. The lowest BCUT2D eigenvalue weighted by atomic mass is 9.86. The Hall–Kier alpha value is -2.10. The highest BCUT2D eigenvalue weighted by molar-refractivity contribution is 6.59. The number of piperazine rings is 1. The number of nitrogens with zero attached hydrogens (tertiary/aromatic N) is 4. The molecule has 0 aliphatic carbocycles. The molecule has 3 heterocycles. The highest BCUT2D eigenvalue weighted by Crippen LogP contribution is 2.26. The van der Waals surface area contributed by atoms with Gasteiger partial charge in [0, 0.05) is 37.8 Å². The molecule has 1 aliphatic heterocycles. The van der Waals surface area contributed by atoms with Gasteiger partial charge in [0.25, 0.3) is 0 Å². The summed E-state index contributed by atoms with van der Waals surface area (Å²) in [6.45, 7) is 8.77. The van der Waals surface area contributed by atoms with E-state index in [-0.39, 0.29) is 5.59 Å². The fraction of sp³-hybridized carbons (Fsp3) is 0.529. The Morgan fingerprint density at radius 3 is 2.46 bits per heavy atom. The molecule has 0 aromatic carbocycles. The van der Waals surface area contributed by atoms with Crippen molar-refractivity contribution in [1.29, 1.82) is 0 Å². The smallest absolute Gasteiger partial charge is 0.443 e. The van der Waals surface area contributed by atoms with Crippen molar-refractivity contribution >= 4 is 35.5 Å². The van der Waals surface area contributed by atoms with Crippen molar-refractivity contribution in [1.82, 2.24) is 14.5 Å². The average Bonchev–Trinajstić information content (AvgIpc) is 2.94. The lowest BCUT2D eigenvalue weighted by Gasteiger charge is -2.33. The summed E-state index contributed by atoms with van der Waals surface area (Å²) in [4.78, 5) is 21.5. The molecular weight excluding hydrogens is 335 g/mol. The zero-order valence-electron chi connectivity index (χ0n) is 15.6. The molecular formula is C17H25BN4O4. The van der Waals surface area contributed by atoms with Crippen molar-refractivity contribution < 1.29 is 19.6 Å². The highest BCUT2D eigenvalue weighted by atomic mass is 16.6. The van der Waals surface area contributed by atoms with Crippen LogP contribution in [0.1, 0.15) is 20.8 Å². The molecule has 0 bridgehead atoms. The maximum absolute atomic E-state index is 12.7. The minimum absolute atomic E-state index is 0.0672. The fourth-order valence-electron chi connectivity index (χ4n) is 3.11. The summed E-state index contributed by atoms with van der Waals surface area (Å²) in [5.74, 6) is 0.736. The van der Waals surface area contributed by atoms with E-state index in [1.165, 1.54) is 4.57 Å². The van der Waals surface area contributed by atoms with Gasteiger partial charge in [-0.3, -0.25) is 4.57 Å². The molecule has 2 aromatic heterocycles. The number of ether oxygens (including phenoxy) is 1. The molecule has 2 N–H and O–H groups in total. The molecule has 0 saturated carbocycles. The summed E-state index contributed by atoms with van der Waals surface area (Å²) in [5, 5.41) is 20.3. The van der Waals surface area contributed by atoms with Gasteiger partial charge < -0.3 is 24.6 Å². The zero-order valence-corrected chi connectivity index (χ0v) is 15.6. The van der Waals surface area contributed by atoms with Crippen LogP contribution in [-0.2, 0) is 4.74 Å². The standard InChI is InChI=1S/C17H25BN4O4/c1-17(2,3)26-16(23)22-13-5-6-19-15(12(13)11-14(22)18(24)25)21-9-7-20(4)8-10-21/h5-6,11,24-25H,7-10H2,1-4H3. The van der Waals surface area contributed by atoms with Gasteiger partial charge in [-0.05, 0) is 40.0 Å². The third-order valence-electron chi connectivity index (χ3n) is 4.38. The van der Waals surface area contributed by atoms with Gasteiger partial charge in [0.05, 0.1) is 11.1 Å². The van der Waals surface area contributed by atoms with Crippen molar-refractivity contribution in [2.45, 2.75) is 26.4 Å². The van der Waals surface area contributed by atoms with Crippen LogP contribution in [-0.4, -0.2) is 76.5 Å². The molecule has 0 spiro atoms. The SMILES string of the molecule is CN1CCN(c2nccc3c2cc(B(O)O)n3C(=O)OC(C)(C)C)CC1. The lowest BCUT2D eigenvalue weighted by molar-refractivity contribution is 0.0547. The second kappa shape index (κ2) is 6.90. The second-order valence-corrected chi connectivity index (χ2v) is 7.62. The predicted molar refractivity (Wildman–Crippen MR) is 101 cm³/mol. The third kappa shape index (κ3) is 3.69. The van der Waals surface area contributed by atoms with Crippen LogP contribution < -0.4 is 10.5 Å². The van der Waals surface area contributed by atoms with E-state index in [0.717, 1.165) is 32.0 Å². The fourth-order valence-corrected chi connectivity index (χ4v) is 3.11. The van der Waals surface area contributed by atoms with Crippen LogP contribution in [0.3, 0.4) is 0 Å². The largest absolute Gasteiger partial charge is 0.506 e. The summed E-state index contributed by atoms with van der Waals surface area (Å²) in [5.41, 5.74) is -0.0810. The van der Waals surface area contributed by atoms with Crippen LogP contribution in [0.4, 0.5) is 10.6 Å². The number of fused-ring (bicyclic) bond motifs is 1. The highest BCUT2D eigenvalue weighted by Gasteiger charge is 2.29. The van der Waals surface area contributed by atoms with Crippen molar-refractivity contribution in [2.24, 2.45) is 0 Å². The maximum atomic E-state index is 12.7. The Balaban J connectivity index is 2.09. The molecule has 1 aliphatic rings. The predicted octanol–water partition coefficient (Wildman–Crippen LogP) is 0.251. The van der Waals surface area contributed by atoms with E-state index in [2.05, 4.69) is 21.8 Å². The number of pyridine rings is 1. The summed E-state index contributed by atoms with van der Waals surface area (Å²) < 4.78 is 6.66. The number of carbonyl (C=O) groups is 1. The quantitative estimate of drug-likeness (QED) is 0.742.